The van der Waals surface area contributed by atoms with Crippen molar-refractivity contribution in [3.8, 4) is 0 Å². The molecule has 0 radical (unpaired) electrons. The van der Waals surface area contributed by atoms with Crippen LogP contribution in [0.15, 0.2) is 0 Å². The molecule has 0 bridgehead atoms. The molecule has 0 aromatic heterocycles. The zero-order valence-corrected chi connectivity index (χ0v) is 7.94. The molecule has 0 nitrogen and oxygen atoms in total. The molecule has 0 amide bonds. The molecule has 0 saturated heterocycles. The monoisotopic (exact) mass is 138 g/mol. The topological polar surface area (TPSA) is 0 Å². The molecular formula is C8H18Mg. The van der Waals surface area contributed by atoms with Gasteiger partial charge in [0.25, 0.3) is 0 Å². The fourth-order valence-corrected chi connectivity index (χ4v) is 1.60. The summed E-state index contributed by atoms with van der Waals surface area (Å²) in [6, 6.07) is 0. The van der Waals surface area contributed by atoms with E-state index in [1.165, 1.54) is 38.5 Å². The third kappa shape index (κ3) is 3.46. The first-order valence-electron chi connectivity index (χ1n) is 3.93. The molecule has 52 valence electrons. The summed E-state index contributed by atoms with van der Waals surface area (Å²) in [5.74, 6) is 1.09. The van der Waals surface area contributed by atoms with Crippen molar-refractivity contribution in [2.75, 3.05) is 0 Å². The normalized spacial score (nSPS) is 21.0. The van der Waals surface area contributed by atoms with E-state index in [0.29, 0.717) is 0 Å². The Hall–Kier alpha value is 0.766. The fourth-order valence-electron chi connectivity index (χ4n) is 1.60. The molecule has 0 heterocycles. The Labute approximate surface area is 77.5 Å². The van der Waals surface area contributed by atoms with E-state index in [-0.39, 0.29) is 25.9 Å². The maximum absolute atomic E-state index is 2.32. The van der Waals surface area contributed by atoms with Gasteiger partial charge in [-0.3, -0.25) is 0 Å². The first-order valence-corrected chi connectivity index (χ1v) is 3.93. The largest absolute Gasteiger partial charge is 2.00 e. The van der Waals surface area contributed by atoms with Crippen LogP contribution in [0.4, 0.5) is 0 Å². The Kier molecular flexibility index (Phi) is 6.02. The van der Waals surface area contributed by atoms with Crippen molar-refractivity contribution in [2.45, 2.75) is 45.4 Å². The Morgan fingerprint density at radius 1 is 1.22 bits per heavy atom. The number of hydrogen-bond donors (Lipinski definition) is 0. The third-order valence-corrected chi connectivity index (χ3v) is 2.30. The molecule has 0 aromatic rings. The molecule has 1 heteroatoms. The van der Waals surface area contributed by atoms with Crippen LogP contribution < -0.4 is 0 Å². The van der Waals surface area contributed by atoms with Crippen LogP contribution in [0, 0.1) is 5.92 Å². The standard InChI is InChI=1S/C8H16.Mg.2H/c1-2-8-6-4-3-5-7-8;;;/h8H,2-7H2,1H3;;;/q;+2;2*-1. The average Bonchev–Trinajstić information content (AvgIpc) is 1.90. The minimum atomic E-state index is 0. The molecule has 0 atom stereocenters. The molecule has 0 N–H and O–H groups in total. The van der Waals surface area contributed by atoms with Gasteiger partial charge in [0.1, 0.15) is 0 Å². The van der Waals surface area contributed by atoms with Gasteiger partial charge in [0.15, 0.2) is 0 Å². The molecule has 0 unspecified atom stereocenters. The van der Waals surface area contributed by atoms with Gasteiger partial charge in [0, 0.05) is 0 Å². The SMILES string of the molecule is CCC1CCCCC1.[H-].[H-].[Mg+2]. The van der Waals surface area contributed by atoms with Gasteiger partial charge in [0.05, 0.1) is 0 Å². The predicted octanol–water partition coefficient (Wildman–Crippen LogP) is 2.82. The minimum Gasteiger partial charge on any atom is -1.00 e. The van der Waals surface area contributed by atoms with E-state index in [9.17, 15) is 0 Å². The summed E-state index contributed by atoms with van der Waals surface area (Å²) in [6.07, 6.45) is 8.93. The van der Waals surface area contributed by atoms with Crippen LogP contribution in [0.5, 0.6) is 0 Å². The Morgan fingerprint density at radius 3 is 2.11 bits per heavy atom. The maximum Gasteiger partial charge on any atom is 2.00 e. The molecule has 1 rings (SSSR count). The molecule has 1 fully saturated rings. The van der Waals surface area contributed by atoms with Crippen LogP contribution in [0.25, 0.3) is 0 Å². The van der Waals surface area contributed by atoms with Crippen molar-refractivity contribution in [3.05, 3.63) is 0 Å². The zero-order valence-electron chi connectivity index (χ0n) is 8.53. The zero-order chi connectivity index (χ0) is 5.82. The van der Waals surface area contributed by atoms with Crippen LogP contribution in [-0.2, 0) is 0 Å². The van der Waals surface area contributed by atoms with Gasteiger partial charge in [0.2, 0.25) is 0 Å². The second kappa shape index (κ2) is 5.54. The van der Waals surface area contributed by atoms with E-state index in [1.807, 2.05) is 0 Å². The third-order valence-electron chi connectivity index (χ3n) is 2.30. The van der Waals surface area contributed by atoms with Crippen LogP contribution >= 0.6 is 0 Å². The van der Waals surface area contributed by atoms with E-state index in [1.54, 1.807) is 0 Å². The summed E-state index contributed by atoms with van der Waals surface area (Å²) >= 11 is 0. The summed E-state index contributed by atoms with van der Waals surface area (Å²) in [5, 5.41) is 0. The molecule has 1 aliphatic carbocycles. The van der Waals surface area contributed by atoms with Crippen molar-refractivity contribution in [3.63, 3.8) is 0 Å². The van der Waals surface area contributed by atoms with Gasteiger partial charge in [-0.05, 0) is 5.92 Å². The van der Waals surface area contributed by atoms with Crippen LogP contribution in [0.2, 0.25) is 0 Å². The molecular weight excluding hydrogens is 120 g/mol. The van der Waals surface area contributed by atoms with E-state index in [4.69, 9.17) is 0 Å². The molecule has 9 heavy (non-hydrogen) atoms. The Balaban J connectivity index is -0.000000213. The van der Waals surface area contributed by atoms with Gasteiger partial charge >= 0.3 is 23.1 Å². The first kappa shape index (κ1) is 9.77. The molecule has 0 spiro atoms. The van der Waals surface area contributed by atoms with Gasteiger partial charge in [-0.1, -0.05) is 45.4 Å². The maximum atomic E-state index is 2.32. The quantitative estimate of drug-likeness (QED) is 0.489. The van der Waals surface area contributed by atoms with Crippen LogP contribution in [-0.4, -0.2) is 23.1 Å². The number of hydrogen-bond acceptors (Lipinski definition) is 0. The van der Waals surface area contributed by atoms with Crippen molar-refractivity contribution in [1.82, 2.24) is 0 Å². The summed E-state index contributed by atoms with van der Waals surface area (Å²) in [4.78, 5) is 0. The summed E-state index contributed by atoms with van der Waals surface area (Å²) in [5.41, 5.74) is 0. The van der Waals surface area contributed by atoms with Crippen molar-refractivity contribution < 1.29 is 2.85 Å². The van der Waals surface area contributed by atoms with Gasteiger partial charge in [-0.2, -0.15) is 0 Å². The van der Waals surface area contributed by atoms with Gasteiger partial charge in [-0.25, -0.2) is 0 Å². The minimum absolute atomic E-state index is 0. The second-order valence-electron chi connectivity index (χ2n) is 2.91. The molecule has 0 aromatic carbocycles. The summed E-state index contributed by atoms with van der Waals surface area (Å²) < 4.78 is 0. The van der Waals surface area contributed by atoms with Crippen molar-refractivity contribution >= 4 is 23.1 Å². The fraction of sp³-hybridized carbons (Fsp3) is 1.00. The Morgan fingerprint density at radius 2 is 1.78 bits per heavy atom. The number of rotatable bonds is 1. The molecule has 1 saturated carbocycles. The predicted molar refractivity (Wildman–Crippen MR) is 44.8 cm³/mol. The van der Waals surface area contributed by atoms with E-state index in [0.717, 1.165) is 5.92 Å². The van der Waals surface area contributed by atoms with Crippen molar-refractivity contribution in [1.29, 1.82) is 0 Å². The summed E-state index contributed by atoms with van der Waals surface area (Å²) in [6.45, 7) is 2.32. The first-order chi connectivity index (χ1) is 3.93. The van der Waals surface area contributed by atoms with E-state index < -0.39 is 0 Å². The molecule has 0 aliphatic heterocycles. The van der Waals surface area contributed by atoms with Crippen LogP contribution in [0.3, 0.4) is 0 Å². The smallest absolute Gasteiger partial charge is 1.00 e. The summed E-state index contributed by atoms with van der Waals surface area (Å²) in [7, 11) is 0. The van der Waals surface area contributed by atoms with Crippen molar-refractivity contribution in [2.24, 2.45) is 5.92 Å². The molecule has 1 aliphatic rings. The van der Waals surface area contributed by atoms with Gasteiger partial charge in [-0.15, -0.1) is 0 Å². The van der Waals surface area contributed by atoms with Crippen LogP contribution in [0.1, 0.15) is 48.3 Å². The average molecular weight is 139 g/mol. The second-order valence-corrected chi connectivity index (χ2v) is 2.91. The van der Waals surface area contributed by atoms with E-state index in [2.05, 4.69) is 6.92 Å². The van der Waals surface area contributed by atoms with Gasteiger partial charge < -0.3 is 2.85 Å². The van der Waals surface area contributed by atoms with E-state index >= 15 is 0 Å². The Bertz CT molecular complexity index is 63.1.